The zero-order valence-electron chi connectivity index (χ0n) is 5.01. The molecule has 0 aromatic rings. The molecule has 0 aliphatic heterocycles. The first-order valence-corrected chi connectivity index (χ1v) is 2.46. The molecule has 1 atom stereocenters. The van der Waals surface area contributed by atoms with Gasteiger partial charge in [-0.05, 0) is 13.3 Å². The Balaban J connectivity index is 0. The van der Waals surface area contributed by atoms with E-state index in [0.717, 1.165) is 0 Å². The van der Waals surface area contributed by atoms with Crippen LogP contribution in [0, 0.1) is 0 Å². The van der Waals surface area contributed by atoms with Crippen LogP contribution < -0.4 is 0 Å². The molecule has 0 amide bonds. The van der Waals surface area contributed by atoms with Crippen LogP contribution in [0.3, 0.4) is 0 Å². The van der Waals surface area contributed by atoms with Gasteiger partial charge >= 0.3 is 43.7 Å². The summed E-state index contributed by atoms with van der Waals surface area (Å²) in [6.07, 6.45) is 0.238. The molecular formula is C5H12CaO3. The number of rotatable bonds is 2. The van der Waals surface area contributed by atoms with Gasteiger partial charge in [-0.3, -0.25) is 0 Å². The van der Waals surface area contributed by atoms with Crippen LogP contribution in [-0.2, 0) is 4.79 Å². The van der Waals surface area contributed by atoms with E-state index in [1.54, 1.807) is 6.92 Å². The van der Waals surface area contributed by atoms with Crippen LogP contribution in [0.2, 0.25) is 0 Å². The third-order valence-corrected chi connectivity index (χ3v) is 1.15. The Morgan fingerprint density at radius 3 is 2.00 bits per heavy atom. The molecule has 0 saturated heterocycles. The predicted molar refractivity (Wildman–Crippen MR) is 37.1 cm³/mol. The van der Waals surface area contributed by atoms with Crippen molar-refractivity contribution in [2.24, 2.45) is 0 Å². The van der Waals surface area contributed by atoms with Crippen LogP contribution in [0.25, 0.3) is 0 Å². The maximum atomic E-state index is 10.0. The van der Waals surface area contributed by atoms with Gasteiger partial charge in [0.25, 0.3) is 0 Å². The minimum absolute atomic E-state index is 0. The summed E-state index contributed by atoms with van der Waals surface area (Å²) in [6, 6.07) is 0. The Bertz CT molecular complexity index is 100. The number of hydrogen-bond donors (Lipinski definition) is 2. The molecule has 0 aromatic carbocycles. The molecule has 0 spiro atoms. The standard InChI is InChI=1S/C5H10O3.Ca.2H/c1-3-5(2,8)4(6)7;;;/h8H,3H2,1-2H3,(H,6,7);;;. The summed E-state index contributed by atoms with van der Waals surface area (Å²) in [5, 5.41) is 17.0. The van der Waals surface area contributed by atoms with Gasteiger partial charge < -0.3 is 10.2 Å². The fourth-order valence-corrected chi connectivity index (χ4v) is 0.151. The quantitative estimate of drug-likeness (QED) is 0.526. The van der Waals surface area contributed by atoms with Crippen molar-refractivity contribution in [2.45, 2.75) is 25.9 Å². The molecule has 0 heterocycles. The summed E-state index contributed by atoms with van der Waals surface area (Å²) in [5.74, 6) is -1.17. The van der Waals surface area contributed by atoms with Gasteiger partial charge in [-0.15, -0.1) is 0 Å². The van der Waals surface area contributed by atoms with Crippen molar-refractivity contribution in [3.05, 3.63) is 0 Å². The second-order valence-corrected chi connectivity index (χ2v) is 1.93. The topological polar surface area (TPSA) is 57.5 Å². The van der Waals surface area contributed by atoms with Crippen molar-refractivity contribution < 1.29 is 15.0 Å². The van der Waals surface area contributed by atoms with E-state index in [-0.39, 0.29) is 44.2 Å². The fraction of sp³-hybridized carbons (Fsp3) is 0.800. The van der Waals surface area contributed by atoms with Crippen molar-refractivity contribution in [2.75, 3.05) is 0 Å². The molecule has 0 aliphatic carbocycles. The van der Waals surface area contributed by atoms with Gasteiger partial charge in [0.1, 0.15) is 0 Å². The first-order chi connectivity index (χ1) is 3.50. The molecule has 0 bridgehead atoms. The summed E-state index contributed by atoms with van der Waals surface area (Å²) in [6.45, 7) is 2.89. The number of aliphatic carboxylic acids is 1. The Labute approximate surface area is 84.1 Å². The Morgan fingerprint density at radius 1 is 1.67 bits per heavy atom. The van der Waals surface area contributed by atoms with Crippen LogP contribution in [0.4, 0.5) is 0 Å². The average molecular weight is 160 g/mol. The summed E-state index contributed by atoms with van der Waals surface area (Å²) >= 11 is 0. The summed E-state index contributed by atoms with van der Waals surface area (Å²) in [5.41, 5.74) is -1.54. The predicted octanol–water partition coefficient (Wildman–Crippen LogP) is -0.684. The van der Waals surface area contributed by atoms with E-state index in [9.17, 15) is 4.79 Å². The molecule has 0 saturated carbocycles. The molecule has 3 nitrogen and oxygen atoms in total. The first-order valence-electron chi connectivity index (χ1n) is 2.46. The van der Waals surface area contributed by atoms with Crippen molar-refractivity contribution in [1.82, 2.24) is 0 Å². The first kappa shape index (κ1) is 12.4. The molecule has 9 heavy (non-hydrogen) atoms. The van der Waals surface area contributed by atoms with E-state index in [0.29, 0.717) is 0 Å². The Morgan fingerprint density at radius 2 is 2.00 bits per heavy atom. The molecule has 0 radical (unpaired) electrons. The maximum absolute atomic E-state index is 10.0. The van der Waals surface area contributed by atoms with Crippen LogP contribution in [0.15, 0.2) is 0 Å². The number of carbonyl (C=O) groups is 1. The van der Waals surface area contributed by atoms with Crippen LogP contribution in [-0.4, -0.2) is 59.5 Å². The summed E-state index contributed by atoms with van der Waals surface area (Å²) in [7, 11) is 0. The fourth-order valence-electron chi connectivity index (χ4n) is 0.151. The Hall–Kier alpha value is 0.690. The van der Waals surface area contributed by atoms with Gasteiger partial charge in [-0.1, -0.05) is 6.92 Å². The van der Waals surface area contributed by atoms with Gasteiger partial charge in [-0.25, -0.2) is 4.79 Å². The van der Waals surface area contributed by atoms with E-state index < -0.39 is 11.6 Å². The van der Waals surface area contributed by atoms with Crippen molar-refractivity contribution in [3.63, 3.8) is 0 Å². The van der Waals surface area contributed by atoms with Crippen molar-refractivity contribution in [1.29, 1.82) is 0 Å². The molecule has 1 unspecified atom stereocenters. The monoisotopic (exact) mass is 160 g/mol. The van der Waals surface area contributed by atoms with E-state index in [2.05, 4.69) is 0 Å². The normalized spacial score (nSPS) is 15.4. The zero-order valence-corrected chi connectivity index (χ0v) is 5.01. The number of hydrogen-bond acceptors (Lipinski definition) is 2. The molecule has 2 N–H and O–H groups in total. The van der Waals surface area contributed by atoms with Crippen molar-refractivity contribution >= 4 is 43.7 Å². The van der Waals surface area contributed by atoms with Gasteiger partial charge in [-0.2, -0.15) is 0 Å². The second-order valence-electron chi connectivity index (χ2n) is 1.93. The third-order valence-electron chi connectivity index (χ3n) is 1.15. The van der Waals surface area contributed by atoms with E-state index in [1.807, 2.05) is 0 Å². The van der Waals surface area contributed by atoms with Crippen LogP contribution >= 0.6 is 0 Å². The average Bonchev–Trinajstić information content (AvgIpc) is 1.67. The van der Waals surface area contributed by atoms with Crippen LogP contribution in [0.5, 0.6) is 0 Å². The second kappa shape index (κ2) is 4.50. The molecule has 0 rings (SSSR count). The van der Waals surface area contributed by atoms with Gasteiger partial charge in [0.05, 0.1) is 0 Å². The minimum atomic E-state index is -1.54. The number of carboxylic acid groups (broad SMARTS) is 1. The molecule has 0 fully saturated rings. The van der Waals surface area contributed by atoms with Crippen molar-refractivity contribution in [3.8, 4) is 0 Å². The van der Waals surface area contributed by atoms with E-state index in [1.165, 1.54) is 6.92 Å². The SMILES string of the molecule is CCC(C)(O)C(=O)O.[CaH2]. The molecular weight excluding hydrogens is 148 g/mol. The van der Waals surface area contributed by atoms with Gasteiger partial charge in [0, 0.05) is 0 Å². The van der Waals surface area contributed by atoms with Gasteiger partial charge in [0.15, 0.2) is 5.60 Å². The molecule has 4 heteroatoms. The van der Waals surface area contributed by atoms with Crippen LogP contribution in [0.1, 0.15) is 20.3 Å². The Kier molecular flexibility index (Phi) is 6.18. The molecule has 52 valence electrons. The number of carboxylic acids is 1. The van der Waals surface area contributed by atoms with E-state index in [4.69, 9.17) is 10.2 Å². The van der Waals surface area contributed by atoms with E-state index >= 15 is 0 Å². The van der Waals surface area contributed by atoms with Gasteiger partial charge in [0.2, 0.25) is 0 Å². The molecule has 0 aromatic heterocycles. The summed E-state index contributed by atoms with van der Waals surface area (Å²) < 4.78 is 0. The summed E-state index contributed by atoms with van der Waals surface area (Å²) in [4.78, 5) is 10.0. The zero-order chi connectivity index (χ0) is 6.78. The third kappa shape index (κ3) is 4.14. The number of aliphatic hydroxyl groups is 1. The molecule has 0 aliphatic rings.